The number of aldehydes is 1. The number of carbonyl (C=O) groups excluding carboxylic acids is 3. The Labute approximate surface area is 110 Å². The Morgan fingerprint density at radius 3 is 2.58 bits per heavy atom. The van der Waals surface area contributed by atoms with Crippen molar-refractivity contribution in [1.82, 2.24) is 5.32 Å². The highest BCUT2D eigenvalue weighted by atomic mass is 16.6. The minimum Gasteiger partial charge on any atom is -0.467 e. The lowest BCUT2D eigenvalue weighted by Gasteiger charge is -2.13. The molecule has 19 heavy (non-hydrogen) atoms. The van der Waals surface area contributed by atoms with Crippen molar-refractivity contribution in [2.75, 3.05) is 7.11 Å². The largest absolute Gasteiger partial charge is 0.467 e. The summed E-state index contributed by atoms with van der Waals surface area (Å²) in [6.45, 7) is 0.0850. The first-order chi connectivity index (χ1) is 9.17. The topological polar surface area (TPSA) is 81.7 Å². The molecule has 0 aliphatic carbocycles. The smallest absolute Gasteiger partial charge is 0.408 e. The predicted octanol–water partition coefficient (Wildman–Crippen LogP) is 1.04. The summed E-state index contributed by atoms with van der Waals surface area (Å²) < 4.78 is 9.39. The zero-order chi connectivity index (χ0) is 14.1. The van der Waals surface area contributed by atoms with Gasteiger partial charge in [-0.3, -0.25) is 0 Å². The molecule has 102 valence electrons. The van der Waals surface area contributed by atoms with Gasteiger partial charge in [0.05, 0.1) is 7.11 Å². The summed E-state index contributed by atoms with van der Waals surface area (Å²) in [6.07, 6.45) is -0.410. The Kier molecular flexibility index (Phi) is 6.08. The Hall–Kier alpha value is -2.37. The molecule has 0 fully saturated rings. The fraction of sp³-hybridized carbons (Fsp3) is 0.308. The lowest BCUT2D eigenvalue weighted by Crippen LogP contribution is -2.42. The average Bonchev–Trinajstić information content (AvgIpc) is 2.45. The van der Waals surface area contributed by atoms with Crippen LogP contribution in [-0.4, -0.2) is 31.5 Å². The quantitative estimate of drug-likeness (QED) is 0.614. The highest BCUT2D eigenvalue weighted by molar-refractivity contribution is 5.83. The molecular formula is C13H15NO5. The number of ether oxygens (including phenoxy) is 2. The number of methoxy groups -OCH3 is 1. The highest BCUT2D eigenvalue weighted by Gasteiger charge is 2.21. The third-order valence-corrected chi connectivity index (χ3v) is 2.32. The normalized spacial score (nSPS) is 11.2. The van der Waals surface area contributed by atoms with E-state index < -0.39 is 18.1 Å². The summed E-state index contributed by atoms with van der Waals surface area (Å²) in [5.41, 5.74) is 0.822. The number of esters is 1. The molecule has 6 heteroatoms. The van der Waals surface area contributed by atoms with E-state index in [1.807, 2.05) is 18.2 Å². The third kappa shape index (κ3) is 5.20. The number of alkyl carbamates (subject to hydrolysis) is 1. The molecule has 0 saturated carbocycles. The molecule has 1 atom stereocenters. The summed E-state index contributed by atoms with van der Waals surface area (Å²) in [5, 5.41) is 2.27. The van der Waals surface area contributed by atoms with Gasteiger partial charge in [-0.2, -0.15) is 0 Å². The van der Waals surface area contributed by atoms with Crippen LogP contribution in [0, 0.1) is 0 Å². The Balaban J connectivity index is 2.44. The number of hydrogen-bond donors (Lipinski definition) is 1. The van der Waals surface area contributed by atoms with Crippen LogP contribution in [0.5, 0.6) is 0 Å². The van der Waals surface area contributed by atoms with Crippen LogP contribution in [0.15, 0.2) is 30.3 Å². The van der Waals surface area contributed by atoms with E-state index in [4.69, 9.17) is 4.74 Å². The molecule has 1 rings (SSSR count). The SMILES string of the molecule is COC(=O)[C@H](CC=O)NC(=O)OCc1ccccc1. The molecule has 0 saturated heterocycles. The van der Waals surface area contributed by atoms with Gasteiger partial charge in [-0.1, -0.05) is 30.3 Å². The molecule has 0 heterocycles. The molecule has 1 amide bonds. The van der Waals surface area contributed by atoms with Crippen LogP contribution in [-0.2, 0) is 25.7 Å². The number of amides is 1. The molecule has 0 aliphatic rings. The molecule has 1 aromatic carbocycles. The van der Waals surface area contributed by atoms with Crippen molar-refractivity contribution in [3.63, 3.8) is 0 Å². The zero-order valence-corrected chi connectivity index (χ0v) is 10.5. The highest BCUT2D eigenvalue weighted by Crippen LogP contribution is 2.01. The van der Waals surface area contributed by atoms with Crippen LogP contribution < -0.4 is 5.32 Å². The second kappa shape index (κ2) is 7.86. The Morgan fingerprint density at radius 1 is 1.32 bits per heavy atom. The minimum atomic E-state index is -1.02. The summed E-state index contributed by atoms with van der Waals surface area (Å²) in [4.78, 5) is 33.1. The van der Waals surface area contributed by atoms with Gasteiger partial charge in [0.2, 0.25) is 0 Å². The maximum Gasteiger partial charge on any atom is 0.408 e. The van der Waals surface area contributed by atoms with Crippen LogP contribution in [0.4, 0.5) is 4.79 Å². The van der Waals surface area contributed by atoms with E-state index in [-0.39, 0.29) is 13.0 Å². The lowest BCUT2D eigenvalue weighted by atomic mass is 10.2. The first-order valence-electron chi connectivity index (χ1n) is 5.66. The van der Waals surface area contributed by atoms with Crippen molar-refractivity contribution >= 4 is 18.3 Å². The predicted molar refractivity (Wildman–Crippen MR) is 66.2 cm³/mol. The van der Waals surface area contributed by atoms with Gasteiger partial charge in [0.1, 0.15) is 18.9 Å². The molecule has 1 N–H and O–H groups in total. The van der Waals surface area contributed by atoms with Gasteiger partial charge in [0.15, 0.2) is 0 Å². The summed E-state index contributed by atoms with van der Waals surface area (Å²) in [6, 6.07) is 8.07. The van der Waals surface area contributed by atoms with Crippen LogP contribution in [0.2, 0.25) is 0 Å². The average molecular weight is 265 g/mol. The van der Waals surface area contributed by atoms with Crippen LogP contribution in [0.25, 0.3) is 0 Å². The van der Waals surface area contributed by atoms with Crippen molar-refractivity contribution in [2.24, 2.45) is 0 Å². The number of hydrogen-bond acceptors (Lipinski definition) is 5. The third-order valence-electron chi connectivity index (χ3n) is 2.32. The standard InChI is InChI=1S/C13H15NO5/c1-18-12(16)11(7-8-15)14-13(17)19-9-10-5-3-2-4-6-10/h2-6,8,11H,7,9H2,1H3,(H,14,17)/t11-/m0/s1. The second-order valence-corrected chi connectivity index (χ2v) is 3.68. The number of rotatable bonds is 6. The maximum atomic E-state index is 11.5. The van der Waals surface area contributed by atoms with Crippen molar-refractivity contribution in [3.8, 4) is 0 Å². The van der Waals surface area contributed by atoms with Crippen LogP contribution in [0.1, 0.15) is 12.0 Å². The molecule has 0 aromatic heterocycles. The maximum absolute atomic E-state index is 11.5. The zero-order valence-electron chi connectivity index (χ0n) is 10.5. The van der Waals surface area contributed by atoms with Crippen molar-refractivity contribution in [1.29, 1.82) is 0 Å². The van der Waals surface area contributed by atoms with Gasteiger partial charge in [0.25, 0.3) is 0 Å². The van der Waals surface area contributed by atoms with Gasteiger partial charge in [-0.25, -0.2) is 9.59 Å². The van der Waals surface area contributed by atoms with E-state index in [2.05, 4.69) is 10.1 Å². The minimum absolute atomic E-state index is 0.0850. The molecule has 0 bridgehead atoms. The second-order valence-electron chi connectivity index (χ2n) is 3.68. The first kappa shape index (κ1) is 14.7. The number of carbonyl (C=O) groups is 3. The van der Waals surface area contributed by atoms with Gasteiger partial charge in [-0.15, -0.1) is 0 Å². The van der Waals surface area contributed by atoms with Crippen molar-refractivity contribution < 1.29 is 23.9 Å². The van der Waals surface area contributed by atoms with Gasteiger partial charge >= 0.3 is 12.1 Å². The van der Waals surface area contributed by atoms with Crippen LogP contribution >= 0.6 is 0 Å². The summed E-state index contributed by atoms with van der Waals surface area (Å²) in [7, 11) is 1.18. The molecule has 0 unspecified atom stereocenters. The van der Waals surface area contributed by atoms with E-state index in [1.54, 1.807) is 12.1 Å². The molecule has 0 aliphatic heterocycles. The van der Waals surface area contributed by atoms with E-state index in [9.17, 15) is 14.4 Å². The fourth-order valence-corrected chi connectivity index (χ4v) is 1.36. The Morgan fingerprint density at radius 2 is 2.00 bits per heavy atom. The number of nitrogens with one attached hydrogen (secondary N) is 1. The van der Waals surface area contributed by atoms with E-state index >= 15 is 0 Å². The van der Waals surface area contributed by atoms with Gasteiger partial charge < -0.3 is 19.6 Å². The van der Waals surface area contributed by atoms with Crippen molar-refractivity contribution in [2.45, 2.75) is 19.1 Å². The van der Waals surface area contributed by atoms with E-state index in [0.29, 0.717) is 6.29 Å². The number of benzene rings is 1. The Bertz CT molecular complexity index is 432. The van der Waals surface area contributed by atoms with Gasteiger partial charge in [-0.05, 0) is 5.56 Å². The first-order valence-corrected chi connectivity index (χ1v) is 5.66. The molecule has 1 aromatic rings. The monoisotopic (exact) mass is 265 g/mol. The van der Waals surface area contributed by atoms with Crippen molar-refractivity contribution in [3.05, 3.63) is 35.9 Å². The van der Waals surface area contributed by atoms with E-state index in [0.717, 1.165) is 5.56 Å². The van der Waals surface area contributed by atoms with Gasteiger partial charge in [0, 0.05) is 6.42 Å². The van der Waals surface area contributed by atoms with E-state index in [1.165, 1.54) is 7.11 Å². The summed E-state index contributed by atoms with van der Waals surface area (Å²) in [5.74, 6) is -0.691. The molecular weight excluding hydrogens is 250 g/mol. The fourth-order valence-electron chi connectivity index (χ4n) is 1.36. The molecule has 0 spiro atoms. The molecule has 0 radical (unpaired) electrons. The molecule has 6 nitrogen and oxygen atoms in total. The van der Waals surface area contributed by atoms with Crippen LogP contribution in [0.3, 0.4) is 0 Å². The summed E-state index contributed by atoms with van der Waals surface area (Å²) >= 11 is 0. The lowest BCUT2D eigenvalue weighted by molar-refractivity contribution is -0.143.